The van der Waals surface area contributed by atoms with Crippen molar-refractivity contribution in [2.45, 2.75) is 49.9 Å². The number of aryl methyl sites for hydroxylation is 1. The highest BCUT2D eigenvalue weighted by Gasteiger charge is 2.59. The number of hydrogen-bond acceptors (Lipinski definition) is 8. The summed E-state index contributed by atoms with van der Waals surface area (Å²) < 4.78 is 31.5. The smallest absolute Gasteiger partial charge is 0.228 e. The van der Waals surface area contributed by atoms with E-state index in [1.54, 1.807) is 12.3 Å². The van der Waals surface area contributed by atoms with Crippen molar-refractivity contribution in [3.63, 3.8) is 0 Å². The van der Waals surface area contributed by atoms with Crippen LogP contribution >= 0.6 is 0 Å². The quantitative estimate of drug-likeness (QED) is 0.597. The van der Waals surface area contributed by atoms with Crippen molar-refractivity contribution < 1.29 is 32.6 Å². The van der Waals surface area contributed by atoms with E-state index in [1.165, 1.54) is 11.0 Å². The van der Waals surface area contributed by atoms with Crippen LogP contribution in [0.3, 0.4) is 0 Å². The largest absolute Gasteiger partial charge is 0.460 e. The minimum absolute atomic E-state index is 0.00230. The van der Waals surface area contributed by atoms with Crippen molar-refractivity contribution in [3.8, 4) is 0 Å². The molecular weight excluding hydrogens is 446 g/mol. The molecule has 3 aliphatic carbocycles. The van der Waals surface area contributed by atoms with Gasteiger partial charge in [-0.3, -0.25) is 9.59 Å². The lowest BCUT2D eigenvalue weighted by Gasteiger charge is -2.42. The molecule has 1 aromatic heterocycles. The summed E-state index contributed by atoms with van der Waals surface area (Å²) in [6.45, 7) is 2.05. The second-order valence-electron chi connectivity index (χ2n) is 9.99. The first-order valence-electron chi connectivity index (χ1n) is 11.1. The molecule has 3 heterocycles. The van der Waals surface area contributed by atoms with Crippen LogP contribution in [-0.2, 0) is 27.3 Å². The molecule has 0 spiro atoms. The number of ketones is 2. The Morgan fingerprint density at radius 3 is 2.70 bits per heavy atom. The van der Waals surface area contributed by atoms with Gasteiger partial charge in [-0.1, -0.05) is 13.0 Å². The number of benzene rings is 1. The molecule has 0 radical (unpaired) electrons. The van der Waals surface area contributed by atoms with Crippen LogP contribution in [-0.4, -0.2) is 53.6 Å². The lowest BCUT2D eigenvalue weighted by molar-refractivity contribution is 0.0340. The fraction of sp³-hybridized carbons (Fsp3) is 0.417. The molecule has 2 aromatic rings. The Morgan fingerprint density at radius 1 is 1.15 bits per heavy atom. The van der Waals surface area contributed by atoms with Crippen LogP contribution in [0.2, 0.25) is 0 Å². The number of Topliss-reactive ketones (excluding diaryl/α,β-unsaturated/α-hetero) is 1. The third kappa shape index (κ3) is 2.08. The lowest BCUT2D eigenvalue weighted by atomic mass is 9.61. The van der Waals surface area contributed by atoms with Crippen LogP contribution in [0.1, 0.15) is 74.9 Å². The van der Waals surface area contributed by atoms with E-state index in [0.29, 0.717) is 11.1 Å². The summed E-state index contributed by atoms with van der Waals surface area (Å²) in [5, 5.41) is 22.5. The first-order valence-corrected chi connectivity index (χ1v) is 12.8. The van der Waals surface area contributed by atoms with Gasteiger partial charge in [-0.05, 0) is 36.5 Å². The third-order valence-electron chi connectivity index (χ3n) is 8.29. The molecule has 1 aromatic carbocycles. The number of aliphatic hydroxyl groups is 2. The summed E-state index contributed by atoms with van der Waals surface area (Å²) in [6, 6.07) is 3.13. The van der Waals surface area contributed by atoms with E-state index in [0.717, 1.165) is 30.4 Å². The first kappa shape index (κ1) is 19.7. The molecule has 0 saturated carbocycles. The number of allylic oxidation sites excluding steroid dienone is 1. The number of nitrogens with zero attached hydrogens (tertiary/aromatic N) is 1. The predicted molar refractivity (Wildman–Crippen MR) is 114 cm³/mol. The molecule has 9 heteroatoms. The molecule has 5 aliphatic rings. The van der Waals surface area contributed by atoms with Gasteiger partial charge in [0.1, 0.15) is 16.7 Å². The average molecular weight is 467 g/mol. The molecule has 2 aliphatic heterocycles. The highest BCUT2D eigenvalue weighted by atomic mass is 32.2. The van der Waals surface area contributed by atoms with E-state index in [2.05, 4.69) is 0 Å². The number of furan rings is 1. The Balaban J connectivity index is 1.55. The molecule has 7 rings (SSSR count). The van der Waals surface area contributed by atoms with Gasteiger partial charge in [0.15, 0.2) is 15.6 Å². The van der Waals surface area contributed by atoms with Crippen LogP contribution in [0.4, 0.5) is 0 Å². The molecular formula is C24H21NO7S. The summed E-state index contributed by atoms with van der Waals surface area (Å²) in [4.78, 5) is 27.9. The number of carbonyl (C=O) groups excluding carboxylic acids is 2. The second kappa shape index (κ2) is 5.65. The maximum atomic E-state index is 13.5. The standard InChI is InChI=1S/C24H21NO7S/c1-23-4-2-3-11-10-32-20(17(11)23)18(27)12-7-13-15(8-14(12)23)24(29)9-16(26)25-5-6-33(30,31)21(19(13)28)22(24)25/h7-8,10,16,26,29H,2-6,9H2,1H3/t16-,23+,24+/m1/s1. The summed E-state index contributed by atoms with van der Waals surface area (Å²) in [7, 11) is -3.95. The maximum Gasteiger partial charge on any atom is 0.228 e. The number of aliphatic hydroxyl groups excluding tert-OH is 1. The van der Waals surface area contributed by atoms with E-state index in [1.807, 2.05) is 6.92 Å². The SMILES string of the molecule is C[C@@]12CCCc3coc(c31)C(=O)c1cc3c(cc12)[C@@]1(O)C[C@@H](O)N2CCS(=O)(=O)C(=C21)C3=O. The highest BCUT2D eigenvalue weighted by Crippen LogP contribution is 2.56. The zero-order chi connectivity index (χ0) is 23.1. The number of hydrogen-bond donors (Lipinski definition) is 2. The van der Waals surface area contributed by atoms with Gasteiger partial charge in [0.25, 0.3) is 0 Å². The van der Waals surface area contributed by atoms with E-state index < -0.39 is 37.8 Å². The van der Waals surface area contributed by atoms with Crippen molar-refractivity contribution >= 4 is 21.4 Å². The number of fused-ring (bicyclic) bond motifs is 4. The molecule has 170 valence electrons. The molecule has 33 heavy (non-hydrogen) atoms. The van der Waals surface area contributed by atoms with E-state index >= 15 is 0 Å². The van der Waals surface area contributed by atoms with Gasteiger partial charge in [-0.25, -0.2) is 8.42 Å². The van der Waals surface area contributed by atoms with Gasteiger partial charge in [0, 0.05) is 40.6 Å². The minimum Gasteiger partial charge on any atom is -0.460 e. The average Bonchev–Trinajstić information content (AvgIpc) is 3.31. The van der Waals surface area contributed by atoms with Crippen LogP contribution in [0.25, 0.3) is 0 Å². The van der Waals surface area contributed by atoms with Gasteiger partial charge in [0.2, 0.25) is 11.6 Å². The Kier molecular flexibility index (Phi) is 3.37. The summed E-state index contributed by atoms with van der Waals surface area (Å²) in [5.41, 5.74) is 0.749. The molecule has 8 nitrogen and oxygen atoms in total. The summed E-state index contributed by atoms with van der Waals surface area (Å²) in [5.74, 6) is -1.12. The van der Waals surface area contributed by atoms with Crippen LogP contribution in [0, 0.1) is 0 Å². The van der Waals surface area contributed by atoms with E-state index in [9.17, 15) is 28.2 Å². The minimum atomic E-state index is -3.95. The molecule has 0 amide bonds. The first-order chi connectivity index (χ1) is 15.6. The van der Waals surface area contributed by atoms with E-state index in [-0.39, 0.29) is 47.1 Å². The normalized spacial score (nSPS) is 32.9. The van der Waals surface area contributed by atoms with Gasteiger partial charge < -0.3 is 19.5 Å². The van der Waals surface area contributed by atoms with Crippen LogP contribution in [0.5, 0.6) is 0 Å². The molecule has 1 fully saturated rings. The highest BCUT2D eigenvalue weighted by molar-refractivity contribution is 7.96. The summed E-state index contributed by atoms with van der Waals surface area (Å²) >= 11 is 0. The van der Waals surface area contributed by atoms with Gasteiger partial charge in [-0.15, -0.1) is 0 Å². The topological polar surface area (TPSA) is 125 Å². The number of rotatable bonds is 0. The predicted octanol–water partition coefficient (Wildman–Crippen LogP) is 1.51. The lowest BCUT2D eigenvalue weighted by Crippen LogP contribution is -2.45. The molecule has 2 N–H and O–H groups in total. The van der Waals surface area contributed by atoms with Gasteiger partial charge in [-0.2, -0.15) is 0 Å². The number of sulfone groups is 1. The third-order valence-corrected chi connectivity index (χ3v) is 10.0. The Morgan fingerprint density at radius 2 is 1.91 bits per heavy atom. The molecule has 1 saturated heterocycles. The van der Waals surface area contributed by atoms with Crippen molar-refractivity contribution in [2.75, 3.05) is 12.3 Å². The fourth-order valence-electron chi connectivity index (χ4n) is 6.79. The van der Waals surface area contributed by atoms with Crippen molar-refractivity contribution in [1.82, 2.24) is 4.90 Å². The van der Waals surface area contributed by atoms with Gasteiger partial charge >= 0.3 is 0 Å². The monoisotopic (exact) mass is 467 g/mol. The Hall–Kier alpha value is -2.75. The molecule has 0 unspecified atom stereocenters. The molecule has 0 bridgehead atoms. The van der Waals surface area contributed by atoms with Crippen molar-refractivity contribution in [1.29, 1.82) is 0 Å². The summed E-state index contributed by atoms with van der Waals surface area (Å²) in [6.07, 6.45) is 2.87. The zero-order valence-electron chi connectivity index (χ0n) is 17.8. The van der Waals surface area contributed by atoms with Crippen molar-refractivity contribution in [2.24, 2.45) is 0 Å². The Labute approximate surface area is 189 Å². The van der Waals surface area contributed by atoms with Crippen LogP contribution in [0.15, 0.2) is 33.4 Å². The van der Waals surface area contributed by atoms with Crippen LogP contribution < -0.4 is 0 Å². The fourth-order valence-corrected chi connectivity index (χ4v) is 8.40. The second-order valence-corrected chi connectivity index (χ2v) is 12.0. The maximum absolute atomic E-state index is 13.5. The van der Waals surface area contributed by atoms with Gasteiger partial charge in [0.05, 0.1) is 17.7 Å². The van der Waals surface area contributed by atoms with Crippen molar-refractivity contribution in [3.05, 3.63) is 68.1 Å². The zero-order valence-corrected chi connectivity index (χ0v) is 18.7. The molecule has 3 atom stereocenters. The van der Waals surface area contributed by atoms with E-state index in [4.69, 9.17) is 4.42 Å². The number of carbonyl (C=O) groups is 2. The Bertz CT molecular complexity index is 1480.